The lowest BCUT2D eigenvalue weighted by atomic mass is 10.2. The predicted octanol–water partition coefficient (Wildman–Crippen LogP) is -0.691. The molecule has 7 heteroatoms. The smallest absolute Gasteiger partial charge is 0.332 e. The molecule has 7 nitrogen and oxygen atoms in total. The monoisotopic (exact) mass is 270 g/mol. The van der Waals surface area contributed by atoms with E-state index in [0.29, 0.717) is 25.9 Å². The molecule has 2 saturated heterocycles. The molecule has 2 heterocycles. The molecule has 0 spiro atoms. The number of aliphatic carboxylic acids is 1. The van der Waals surface area contributed by atoms with Crippen molar-refractivity contribution in [3.63, 3.8) is 0 Å². The summed E-state index contributed by atoms with van der Waals surface area (Å²) in [5, 5.41) is 8.83. The number of carbonyl (C=O) groups is 3. The number of rotatable bonds is 2. The van der Waals surface area contributed by atoms with Gasteiger partial charge in [-0.25, -0.2) is 4.79 Å². The van der Waals surface area contributed by atoms with Gasteiger partial charge in [0.05, 0.1) is 6.54 Å². The van der Waals surface area contributed by atoms with Crippen molar-refractivity contribution in [3.05, 3.63) is 0 Å². The maximum Gasteiger partial charge on any atom is 0.332 e. The molecule has 2 aliphatic rings. The fourth-order valence-corrected chi connectivity index (χ4v) is 2.38. The number of carbonyl (C=O) groups excluding carboxylic acids is 2. The Bertz CT molecular complexity index is 398. The van der Waals surface area contributed by atoms with E-state index in [-0.39, 0.29) is 18.4 Å². The first-order valence-electron chi connectivity index (χ1n) is 6.40. The van der Waals surface area contributed by atoms with E-state index in [1.165, 1.54) is 4.90 Å². The highest BCUT2D eigenvalue weighted by Crippen LogP contribution is 2.22. The first kappa shape index (κ1) is 13.8. The van der Waals surface area contributed by atoms with Crippen molar-refractivity contribution in [3.8, 4) is 0 Å². The van der Waals surface area contributed by atoms with E-state index in [1.807, 2.05) is 0 Å². The van der Waals surface area contributed by atoms with Gasteiger partial charge in [0.15, 0.2) is 6.10 Å². The van der Waals surface area contributed by atoms with Crippen molar-refractivity contribution in [2.75, 3.05) is 26.7 Å². The molecule has 106 valence electrons. The van der Waals surface area contributed by atoms with Crippen LogP contribution in [0.3, 0.4) is 0 Å². The summed E-state index contributed by atoms with van der Waals surface area (Å²) in [6.45, 7) is 1.19. The number of carboxylic acid groups (broad SMARTS) is 1. The second-order valence-electron chi connectivity index (χ2n) is 4.96. The molecular formula is C12H18N2O5. The van der Waals surface area contributed by atoms with Crippen molar-refractivity contribution in [2.45, 2.75) is 31.5 Å². The average Bonchev–Trinajstić information content (AvgIpc) is 2.79. The molecule has 0 aliphatic carbocycles. The Labute approximate surface area is 111 Å². The van der Waals surface area contributed by atoms with Crippen LogP contribution in [0.25, 0.3) is 0 Å². The van der Waals surface area contributed by atoms with Crippen LogP contribution >= 0.6 is 0 Å². The van der Waals surface area contributed by atoms with Gasteiger partial charge in [0, 0.05) is 20.1 Å². The third kappa shape index (κ3) is 3.04. The van der Waals surface area contributed by atoms with Crippen molar-refractivity contribution >= 4 is 17.8 Å². The second kappa shape index (κ2) is 5.56. The molecule has 0 aromatic heterocycles. The van der Waals surface area contributed by atoms with Gasteiger partial charge in [-0.3, -0.25) is 9.59 Å². The van der Waals surface area contributed by atoms with Crippen LogP contribution in [-0.2, 0) is 19.1 Å². The largest absolute Gasteiger partial charge is 0.479 e. The molecule has 2 aliphatic heterocycles. The Hall–Kier alpha value is -1.63. The molecule has 19 heavy (non-hydrogen) atoms. The zero-order chi connectivity index (χ0) is 14.0. The van der Waals surface area contributed by atoms with Crippen LogP contribution in [0.1, 0.15) is 19.3 Å². The summed E-state index contributed by atoms with van der Waals surface area (Å²) >= 11 is 0. The zero-order valence-corrected chi connectivity index (χ0v) is 10.9. The van der Waals surface area contributed by atoms with Crippen LogP contribution in [0.4, 0.5) is 0 Å². The highest BCUT2D eigenvalue weighted by Gasteiger charge is 2.37. The topological polar surface area (TPSA) is 87.2 Å². The van der Waals surface area contributed by atoms with E-state index in [4.69, 9.17) is 9.84 Å². The van der Waals surface area contributed by atoms with Gasteiger partial charge in [-0.2, -0.15) is 0 Å². The normalized spacial score (nSPS) is 28.4. The Morgan fingerprint density at radius 1 is 1.26 bits per heavy atom. The van der Waals surface area contributed by atoms with Gasteiger partial charge in [0.25, 0.3) is 5.91 Å². The van der Waals surface area contributed by atoms with E-state index in [2.05, 4.69) is 0 Å². The summed E-state index contributed by atoms with van der Waals surface area (Å²) < 4.78 is 5.23. The van der Waals surface area contributed by atoms with Gasteiger partial charge in [-0.1, -0.05) is 0 Å². The fourth-order valence-electron chi connectivity index (χ4n) is 2.38. The van der Waals surface area contributed by atoms with E-state index >= 15 is 0 Å². The number of carboxylic acids is 1. The van der Waals surface area contributed by atoms with Crippen LogP contribution in [-0.4, -0.2) is 71.6 Å². The number of likely N-dealkylation sites (N-methyl/N-ethyl adjacent to an activating group) is 1. The molecule has 2 atom stereocenters. The standard InChI is InChI=1S/C12H18N2O5/c1-13-5-2-6-14(7-10(13)15)11(16)8-3-4-9(19-8)12(17)18/h8-9H,2-7H2,1H3,(H,17,18)/t8-,9+/m0/s1. The SMILES string of the molecule is CN1CCCN(C(=O)[C@@H]2CC[C@H](C(=O)O)O2)CC1=O. The molecule has 0 unspecified atom stereocenters. The van der Waals surface area contributed by atoms with Gasteiger partial charge >= 0.3 is 5.97 Å². The van der Waals surface area contributed by atoms with Crippen LogP contribution in [0.15, 0.2) is 0 Å². The first-order chi connectivity index (χ1) is 8.99. The van der Waals surface area contributed by atoms with Crippen LogP contribution in [0.2, 0.25) is 0 Å². The molecule has 0 aromatic rings. The average molecular weight is 270 g/mol. The van der Waals surface area contributed by atoms with Gasteiger partial charge < -0.3 is 19.6 Å². The zero-order valence-electron chi connectivity index (χ0n) is 10.9. The van der Waals surface area contributed by atoms with Gasteiger partial charge in [0.1, 0.15) is 6.10 Å². The highest BCUT2D eigenvalue weighted by molar-refractivity contribution is 5.88. The summed E-state index contributed by atoms with van der Waals surface area (Å²) in [6, 6.07) is 0. The lowest BCUT2D eigenvalue weighted by Crippen LogP contribution is -2.43. The maximum absolute atomic E-state index is 12.2. The number of nitrogens with zero attached hydrogens (tertiary/aromatic N) is 2. The number of hydrogen-bond acceptors (Lipinski definition) is 4. The Balaban J connectivity index is 1.96. The minimum atomic E-state index is -1.04. The van der Waals surface area contributed by atoms with Gasteiger partial charge in [-0.15, -0.1) is 0 Å². The van der Waals surface area contributed by atoms with E-state index in [0.717, 1.165) is 6.42 Å². The van der Waals surface area contributed by atoms with Crippen LogP contribution < -0.4 is 0 Å². The summed E-state index contributed by atoms with van der Waals surface area (Å²) in [7, 11) is 1.71. The molecule has 0 saturated carbocycles. The van der Waals surface area contributed by atoms with E-state index < -0.39 is 18.2 Å². The third-order valence-electron chi connectivity index (χ3n) is 3.56. The number of hydrogen-bond donors (Lipinski definition) is 1. The Morgan fingerprint density at radius 2 is 1.95 bits per heavy atom. The molecule has 1 N–H and O–H groups in total. The van der Waals surface area contributed by atoms with Crippen molar-refractivity contribution in [2.24, 2.45) is 0 Å². The summed E-state index contributed by atoms with van der Waals surface area (Å²) in [5.41, 5.74) is 0. The molecule has 0 bridgehead atoms. The highest BCUT2D eigenvalue weighted by atomic mass is 16.5. The summed E-state index contributed by atoms with van der Waals surface area (Å²) in [4.78, 5) is 37.8. The third-order valence-corrected chi connectivity index (χ3v) is 3.56. The minimum Gasteiger partial charge on any atom is -0.479 e. The lowest BCUT2D eigenvalue weighted by molar-refractivity contribution is -0.155. The molecule has 0 radical (unpaired) electrons. The second-order valence-corrected chi connectivity index (χ2v) is 4.96. The fraction of sp³-hybridized carbons (Fsp3) is 0.750. The van der Waals surface area contributed by atoms with Crippen LogP contribution in [0, 0.1) is 0 Å². The minimum absolute atomic E-state index is 0.0485. The van der Waals surface area contributed by atoms with Crippen molar-refractivity contribution in [1.29, 1.82) is 0 Å². The quantitative estimate of drug-likeness (QED) is 0.717. The van der Waals surface area contributed by atoms with E-state index in [9.17, 15) is 14.4 Å². The summed E-state index contributed by atoms with van der Waals surface area (Å²) in [6.07, 6.45) is -0.163. The maximum atomic E-state index is 12.2. The lowest BCUT2D eigenvalue weighted by Gasteiger charge is -2.23. The molecule has 2 rings (SSSR count). The molecular weight excluding hydrogens is 252 g/mol. The predicted molar refractivity (Wildman–Crippen MR) is 64.4 cm³/mol. The van der Waals surface area contributed by atoms with E-state index in [1.54, 1.807) is 11.9 Å². The summed E-state index contributed by atoms with van der Waals surface area (Å²) in [5.74, 6) is -1.41. The Kier molecular flexibility index (Phi) is 4.04. The molecule has 0 aromatic carbocycles. The molecule has 2 fully saturated rings. The van der Waals surface area contributed by atoms with Crippen molar-refractivity contribution < 1.29 is 24.2 Å². The van der Waals surface area contributed by atoms with Gasteiger partial charge in [0.2, 0.25) is 5.91 Å². The number of amides is 2. The van der Waals surface area contributed by atoms with Gasteiger partial charge in [-0.05, 0) is 19.3 Å². The van der Waals surface area contributed by atoms with Crippen molar-refractivity contribution in [1.82, 2.24) is 9.80 Å². The molecule has 2 amide bonds. The Morgan fingerprint density at radius 3 is 2.58 bits per heavy atom. The van der Waals surface area contributed by atoms with Crippen LogP contribution in [0.5, 0.6) is 0 Å². The first-order valence-corrected chi connectivity index (χ1v) is 6.40. The number of ether oxygens (including phenoxy) is 1.